The van der Waals surface area contributed by atoms with Crippen molar-refractivity contribution in [3.05, 3.63) is 34.3 Å². The van der Waals surface area contributed by atoms with Crippen molar-refractivity contribution in [2.45, 2.75) is 51.6 Å². The van der Waals surface area contributed by atoms with Crippen LogP contribution in [0.25, 0.3) is 0 Å². The van der Waals surface area contributed by atoms with Gasteiger partial charge in [-0.3, -0.25) is 10.1 Å². The Morgan fingerprint density at radius 2 is 2.10 bits per heavy atom. The summed E-state index contributed by atoms with van der Waals surface area (Å²) >= 11 is 6.05. The fourth-order valence-corrected chi connectivity index (χ4v) is 2.99. The number of ether oxygens (including phenoxy) is 1. The molecule has 0 fully saturated rings. The Morgan fingerprint density at radius 3 is 2.75 bits per heavy atom. The number of halogens is 1. The Labute approximate surface area is 125 Å². The summed E-state index contributed by atoms with van der Waals surface area (Å²) in [5.74, 6) is -0.160. The molecule has 0 aliphatic heterocycles. The number of carbonyl (C=O) groups is 1. The average molecular weight is 296 g/mol. The van der Waals surface area contributed by atoms with Gasteiger partial charge in [0.1, 0.15) is 5.54 Å². The van der Waals surface area contributed by atoms with Crippen molar-refractivity contribution in [1.82, 2.24) is 5.32 Å². The molecule has 0 saturated heterocycles. The van der Waals surface area contributed by atoms with Gasteiger partial charge < -0.3 is 4.74 Å². The maximum atomic E-state index is 12.5. The van der Waals surface area contributed by atoms with E-state index in [1.807, 2.05) is 25.1 Å². The van der Waals surface area contributed by atoms with Gasteiger partial charge in [0.25, 0.3) is 0 Å². The molecule has 0 spiro atoms. The molecule has 2 atom stereocenters. The van der Waals surface area contributed by atoms with Crippen molar-refractivity contribution in [1.29, 1.82) is 0 Å². The van der Waals surface area contributed by atoms with Gasteiger partial charge in [-0.15, -0.1) is 0 Å². The van der Waals surface area contributed by atoms with Crippen molar-refractivity contribution in [2.24, 2.45) is 0 Å². The van der Waals surface area contributed by atoms with Crippen LogP contribution in [0, 0.1) is 0 Å². The highest BCUT2D eigenvalue weighted by Crippen LogP contribution is 2.33. The Balaban J connectivity index is 2.29. The molecule has 1 aromatic rings. The number of carbonyl (C=O) groups excluding carboxylic acids is 1. The molecule has 0 amide bonds. The predicted octanol–water partition coefficient (Wildman–Crippen LogP) is 3.13. The molecule has 1 aromatic carbocycles. The Morgan fingerprint density at radius 1 is 1.40 bits per heavy atom. The van der Waals surface area contributed by atoms with Gasteiger partial charge in [0.15, 0.2) is 0 Å². The van der Waals surface area contributed by atoms with Gasteiger partial charge in [-0.2, -0.15) is 0 Å². The highest BCUT2D eigenvalue weighted by atomic mass is 35.5. The first-order valence-corrected chi connectivity index (χ1v) is 7.60. The van der Waals surface area contributed by atoms with E-state index < -0.39 is 5.54 Å². The highest BCUT2D eigenvalue weighted by molar-refractivity contribution is 6.30. The van der Waals surface area contributed by atoms with E-state index >= 15 is 0 Å². The molecule has 0 radical (unpaired) electrons. The molecule has 4 heteroatoms. The van der Waals surface area contributed by atoms with Crippen molar-refractivity contribution in [2.75, 3.05) is 6.61 Å². The topological polar surface area (TPSA) is 38.3 Å². The smallest absolute Gasteiger partial charge is 0.327 e. The molecule has 2 rings (SSSR count). The first kappa shape index (κ1) is 15.3. The van der Waals surface area contributed by atoms with Crippen molar-refractivity contribution < 1.29 is 9.53 Å². The summed E-state index contributed by atoms with van der Waals surface area (Å²) in [7, 11) is 0. The van der Waals surface area contributed by atoms with Crippen molar-refractivity contribution in [3.63, 3.8) is 0 Å². The summed E-state index contributed by atoms with van der Waals surface area (Å²) in [4.78, 5) is 12.5. The third-order valence-electron chi connectivity index (χ3n) is 3.95. The third kappa shape index (κ3) is 2.99. The van der Waals surface area contributed by atoms with Crippen molar-refractivity contribution in [3.8, 4) is 0 Å². The number of esters is 1. The molecule has 0 aromatic heterocycles. The number of fused-ring (bicyclic) bond motifs is 1. The second-order valence-corrected chi connectivity index (χ2v) is 5.96. The van der Waals surface area contributed by atoms with E-state index in [4.69, 9.17) is 16.3 Å². The van der Waals surface area contributed by atoms with Crippen LogP contribution in [0.5, 0.6) is 0 Å². The largest absolute Gasteiger partial charge is 0.465 e. The molecule has 0 bridgehead atoms. The molecule has 0 heterocycles. The van der Waals surface area contributed by atoms with Gasteiger partial charge in [0.05, 0.1) is 6.61 Å². The monoisotopic (exact) mass is 295 g/mol. The zero-order chi connectivity index (χ0) is 14.8. The van der Waals surface area contributed by atoms with Crippen LogP contribution >= 0.6 is 11.6 Å². The molecule has 2 unspecified atom stereocenters. The number of rotatable bonds is 5. The van der Waals surface area contributed by atoms with Crippen LogP contribution in [0.15, 0.2) is 18.2 Å². The molecular formula is C16H22ClNO2. The van der Waals surface area contributed by atoms with E-state index in [2.05, 4.69) is 19.2 Å². The second-order valence-electron chi connectivity index (χ2n) is 5.52. The van der Waals surface area contributed by atoms with E-state index in [1.54, 1.807) is 0 Å². The summed E-state index contributed by atoms with van der Waals surface area (Å²) in [6.07, 6.45) is 2.28. The normalized spacial score (nSPS) is 22.4. The average Bonchev–Trinajstić information content (AvgIpc) is 2.77. The minimum Gasteiger partial charge on any atom is -0.465 e. The van der Waals surface area contributed by atoms with Crippen LogP contribution in [-0.2, 0) is 22.4 Å². The van der Waals surface area contributed by atoms with Gasteiger partial charge in [-0.05, 0) is 43.5 Å². The van der Waals surface area contributed by atoms with E-state index in [1.165, 1.54) is 5.56 Å². The number of nitrogens with one attached hydrogen (secondary N) is 1. The van der Waals surface area contributed by atoms with Gasteiger partial charge in [-0.1, -0.05) is 24.6 Å². The third-order valence-corrected chi connectivity index (χ3v) is 4.19. The van der Waals surface area contributed by atoms with E-state index in [-0.39, 0.29) is 12.0 Å². The van der Waals surface area contributed by atoms with Gasteiger partial charge >= 0.3 is 5.97 Å². The van der Waals surface area contributed by atoms with Gasteiger partial charge in [-0.25, -0.2) is 0 Å². The second kappa shape index (κ2) is 6.15. The van der Waals surface area contributed by atoms with Crippen molar-refractivity contribution >= 4 is 17.6 Å². The van der Waals surface area contributed by atoms with Crippen LogP contribution in [0.4, 0.5) is 0 Å². The Hall–Kier alpha value is -1.06. The lowest BCUT2D eigenvalue weighted by atomic mass is 9.94. The summed E-state index contributed by atoms with van der Waals surface area (Å²) in [6, 6.07) is 6.11. The van der Waals surface area contributed by atoms with Crippen LogP contribution in [0.3, 0.4) is 0 Å². The van der Waals surface area contributed by atoms with E-state index in [0.29, 0.717) is 24.5 Å². The lowest BCUT2D eigenvalue weighted by Crippen LogP contribution is -2.56. The summed E-state index contributed by atoms with van der Waals surface area (Å²) in [6.45, 7) is 6.44. The maximum absolute atomic E-state index is 12.5. The van der Waals surface area contributed by atoms with Crippen LogP contribution < -0.4 is 5.32 Å². The van der Waals surface area contributed by atoms with Crippen LogP contribution in [0.1, 0.15) is 38.3 Å². The first-order chi connectivity index (χ1) is 9.50. The van der Waals surface area contributed by atoms with Gasteiger partial charge in [0, 0.05) is 23.9 Å². The maximum Gasteiger partial charge on any atom is 0.327 e. The molecule has 20 heavy (non-hydrogen) atoms. The Bertz CT molecular complexity index is 503. The van der Waals surface area contributed by atoms with Crippen LogP contribution in [0.2, 0.25) is 5.02 Å². The first-order valence-electron chi connectivity index (χ1n) is 7.23. The van der Waals surface area contributed by atoms with E-state index in [9.17, 15) is 4.79 Å². The lowest BCUT2D eigenvalue weighted by molar-refractivity contribution is -0.151. The number of hydrogen-bond acceptors (Lipinski definition) is 3. The number of benzene rings is 1. The van der Waals surface area contributed by atoms with E-state index in [0.717, 1.165) is 12.0 Å². The molecule has 0 saturated carbocycles. The Kier molecular flexibility index (Phi) is 4.71. The predicted molar refractivity (Wildman–Crippen MR) is 81.1 cm³/mol. The standard InChI is InChI=1S/C16H22ClNO2/c1-4-11(3)18-16(15(19)20-5-2)9-12-6-7-14(17)8-13(12)10-16/h6-8,11,18H,4-5,9-10H2,1-3H3. The lowest BCUT2D eigenvalue weighted by Gasteiger charge is -2.31. The minimum atomic E-state index is -0.640. The SMILES string of the molecule is CCOC(=O)C1(NC(C)CC)Cc2ccc(Cl)cc2C1. The molecule has 1 aliphatic rings. The quantitative estimate of drug-likeness (QED) is 0.848. The zero-order valence-corrected chi connectivity index (χ0v) is 13.1. The zero-order valence-electron chi connectivity index (χ0n) is 12.3. The summed E-state index contributed by atoms with van der Waals surface area (Å²) in [5, 5.41) is 4.19. The molecule has 3 nitrogen and oxygen atoms in total. The summed E-state index contributed by atoms with van der Waals surface area (Å²) < 4.78 is 5.30. The van der Waals surface area contributed by atoms with Gasteiger partial charge in [0.2, 0.25) is 0 Å². The molecule has 1 N–H and O–H groups in total. The summed E-state index contributed by atoms with van der Waals surface area (Å²) in [5.41, 5.74) is 1.68. The highest BCUT2D eigenvalue weighted by Gasteiger charge is 2.45. The molecule has 110 valence electrons. The fourth-order valence-electron chi connectivity index (χ4n) is 2.79. The molecule has 1 aliphatic carbocycles. The van der Waals surface area contributed by atoms with Crippen LogP contribution in [-0.4, -0.2) is 24.2 Å². The number of hydrogen-bond donors (Lipinski definition) is 1. The fraction of sp³-hybridized carbons (Fsp3) is 0.562. The molecular weight excluding hydrogens is 274 g/mol. The minimum absolute atomic E-state index is 0.160.